The number of benzene rings is 2. The van der Waals surface area contributed by atoms with E-state index in [2.05, 4.69) is 17.4 Å². The SMILES string of the molecule is O=C1C(Nc2ccccc2)CCN1Cc1ccccc1. The Balaban J connectivity index is 1.62. The summed E-state index contributed by atoms with van der Waals surface area (Å²) in [5.74, 6) is 0.192. The van der Waals surface area contributed by atoms with Gasteiger partial charge in [0.1, 0.15) is 6.04 Å². The number of likely N-dealkylation sites (tertiary alicyclic amines) is 1. The molecule has 0 aliphatic carbocycles. The van der Waals surface area contributed by atoms with Crippen LogP contribution in [0.25, 0.3) is 0 Å². The number of para-hydroxylation sites is 1. The van der Waals surface area contributed by atoms with E-state index >= 15 is 0 Å². The molecule has 1 unspecified atom stereocenters. The van der Waals surface area contributed by atoms with Crippen LogP contribution < -0.4 is 5.32 Å². The quantitative estimate of drug-likeness (QED) is 0.923. The van der Waals surface area contributed by atoms with Gasteiger partial charge in [0.15, 0.2) is 0 Å². The van der Waals surface area contributed by atoms with Gasteiger partial charge in [-0.2, -0.15) is 0 Å². The molecule has 3 nitrogen and oxygen atoms in total. The number of amides is 1. The molecule has 0 saturated carbocycles. The Hall–Kier alpha value is -2.29. The Kier molecular flexibility index (Phi) is 3.68. The summed E-state index contributed by atoms with van der Waals surface area (Å²) >= 11 is 0. The van der Waals surface area contributed by atoms with Crippen LogP contribution in [0, 0.1) is 0 Å². The van der Waals surface area contributed by atoms with Crippen molar-refractivity contribution >= 4 is 11.6 Å². The number of anilines is 1. The van der Waals surface area contributed by atoms with Crippen LogP contribution >= 0.6 is 0 Å². The van der Waals surface area contributed by atoms with Crippen LogP contribution in [0.4, 0.5) is 5.69 Å². The van der Waals surface area contributed by atoms with Gasteiger partial charge in [0.25, 0.3) is 0 Å². The molecule has 2 aromatic rings. The summed E-state index contributed by atoms with van der Waals surface area (Å²) in [7, 11) is 0. The minimum Gasteiger partial charge on any atom is -0.374 e. The summed E-state index contributed by atoms with van der Waals surface area (Å²) in [4.78, 5) is 14.3. The molecule has 1 heterocycles. The van der Waals surface area contributed by atoms with E-state index in [0.717, 1.165) is 18.7 Å². The molecule has 2 aromatic carbocycles. The fourth-order valence-corrected chi connectivity index (χ4v) is 2.57. The maximum atomic E-state index is 12.4. The second-order valence-electron chi connectivity index (χ2n) is 5.10. The van der Waals surface area contributed by atoms with Gasteiger partial charge in [0.2, 0.25) is 5.91 Å². The molecule has 1 atom stereocenters. The molecule has 1 N–H and O–H groups in total. The number of nitrogens with zero attached hydrogens (tertiary/aromatic N) is 1. The molecule has 1 aliphatic heterocycles. The number of carbonyl (C=O) groups excluding carboxylic acids is 1. The summed E-state index contributed by atoms with van der Waals surface area (Å²) in [6.07, 6.45) is 0.862. The summed E-state index contributed by atoms with van der Waals surface area (Å²) in [5.41, 5.74) is 2.19. The molecule has 3 rings (SSSR count). The maximum absolute atomic E-state index is 12.4. The predicted octanol–water partition coefficient (Wildman–Crippen LogP) is 2.90. The lowest BCUT2D eigenvalue weighted by atomic mass is 10.2. The van der Waals surface area contributed by atoms with Crippen LogP contribution in [0.15, 0.2) is 60.7 Å². The first-order valence-corrected chi connectivity index (χ1v) is 6.97. The van der Waals surface area contributed by atoms with E-state index in [9.17, 15) is 4.79 Å². The summed E-state index contributed by atoms with van der Waals surface area (Å²) in [6.45, 7) is 1.52. The molecule has 102 valence electrons. The van der Waals surface area contributed by atoms with Gasteiger partial charge in [-0.05, 0) is 24.1 Å². The van der Waals surface area contributed by atoms with Crippen molar-refractivity contribution in [2.45, 2.75) is 19.0 Å². The van der Waals surface area contributed by atoms with E-state index in [1.807, 2.05) is 53.4 Å². The topological polar surface area (TPSA) is 32.3 Å². The molecule has 3 heteroatoms. The highest BCUT2D eigenvalue weighted by molar-refractivity contribution is 5.86. The van der Waals surface area contributed by atoms with E-state index in [4.69, 9.17) is 0 Å². The normalized spacial score (nSPS) is 18.3. The third kappa shape index (κ3) is 2.82. The first-order valence-electron chi connectivity index (χ1n) is 6.97. The van der Waals surface area contributed by atoms with Crippen LogP contribution in [-0.2, 0) is 11.3 Å². The van der Waals surface area contributed by atoms with Crippen molar-refractivity contribution in [1.82, 2.24) is 4.90 Å². The highest BCUT2D eigenvalue weighted by Gasteiger charge is 2.31. The van der Waals surface area contributed by atoms with Crippen molar-refractivity contribution in [2.75, 3.05) is 11.9 Å². The predicted molar refractivity (Wildman–Crippen MR) is 80.3 cm³/mol. The highest BCUT2D eigenvalue weighted by atomic mass is 16.2. The second-order valence-corrected chi connectivity index (χ2v) is 5.10. The molecule has 0 bridgehead atoms. The van der Waals surface area contributed by atoms with Gasteiger partial charge >= 0.3 is 0 Å². The molecular weight excluding hydrogens is 248 g/mol. The van der Waals surface area contributed by atoms with Crippen molar-refractivity contribution in [2.24, 2.45) is 0 Å². The van der Waals surface area contributed by atoms with Gasteiger partial charge in [-0.3, -0.25) is 4.79 Å². The fraction of sp³-hybridized carbons (Fsp3) is 0.235. The number of hydrogen-bond donors (Lipinski definition) is 1. The monoisotopic (exact) mass is 266 g/mol. The van der Waals surface area contributed by atoms with Gasteiger partial charge in [-0.15, -0.1) is 0 Å². The standard InChI is InChI=1S/C17H18N2O/c20-17-16(18-15-9-5-2-6-10-15)11-12-19(17)13-14-7-3-1-4-8-14/h1-10,16,18H,11-13H2. The van der Waals surface area contributed by atoms with Gasteiger partial charge in [0, 0.05) is 18.8 Å². The molecular formula is C17H18N2O. The van der Waals surface area contributed by atoms with Gasteiger partial charge in [-0.1, -0.05) is 48.5 Å². The van der Waals surface area contributed by atoms with Crippen LogP contribution in [-0.4, -0.2) is 23.4 Å². The molecule has 0 aromatic heterocycles. The Labute approximate surface area is 119 Å². The highest BCUT2D eigenvalue weighted by Crippen LogP contribution is 2.19. The van der Waals surface area contributed by atoms with Gasteiger partial charge in [-0.25, -0.2) is 0 Å². The third-order valence-electron chi connectivity index (χ3n) is 3.63. The average molecular weight is 266 g/mol. The Morgan fingerprint density at radius 3 is 2.35 bits per heavy atom. The van der Waals surface area contributed by atoms with Crippen LogP contribution in [0.5, 0.6) is 0 Å². The smallest absolute Gasteiger partial charge is 0.245 e. The summed E-state index contributed by atoms with van der Waals surface area (Å²) < 4.78 is 0. The minimum atomic E-state index is -0.0962. The van der Waals surface area contributed by atoms with Crippen molar-refractivity contribution in [1.29, 1.82) is 0 Å². The van der Waals surface area contributed by atoms with Gasteiger partial charge in [0.05, 0.1) is 0 Å². The molecule has 1 aliphatic rings. The van der Waals surface area contributed by atoms with Crippen LogP contribution in [0.1, 0.15) is 12.0 Å². The first-order chi connectivity index (χ1) is 9.83. The van der Waals surface area contributed by atoms with Crippen molar-refractivity contribution in [3.63, 3.8) is 0 Å². The largest absolute Gasteiger partial charge is 0.374 e. The first kappa shape index (κ1) is 12.7. The summed E-state index contributed by atoms with van der Waals surface area (Å²) in [5, 5.41) is 3.32. The third-order valence-corrected chi connectivity index (χ3v) is 3.63. The molecule has 20 heavy (non-hydrogen) atoms. The van der Waals surface area contributed by atoms with E-state index < -0.39 is 0 Å². The number of nitrogens with one attached hydrogen (secondary N) is 1. The Bertz CT molecular complexity index is 517. The lowest BCUT2D eigenvalue weighted by Gasteiger charge is -2.17. The Morgan fingerprint density at radius 1 is 1.00 bits per heavy atom. The fourth-order valence-electron chi connectivity index (χ4n) is 2.57. The average Bonchev–Trinajstić information content (AvgIpc) is 2.83. The zero-order chi connectivity index (χ0) is 13.8. The number of hydrogen-bond acceptors (Lipinski definition) is 2. The lowest BCUT2D eigenvalue weighted by molar-refractivity contribution is -0.128. The van der Waals surface area contributed by atoms with E-state index in [1.165, 1.54) is 5.56 Å². The minimum absolute atomic E-state index is 0.0962. The van der Waals surface area contributed by atoms with Crippen molar-refractivity contribution < 1.29 is 4.79 Å². The van der Waals surface area contributed by atoms with Crippen molar-refractivity contribution in [3.8, 4) is 0 Å². The van der Waals surface area contributed by atoms with Crippen LogP contribution in [0.2, 0.25) is 0 Å². The van der Waals surface area contributed by atoms with Crippen LogP contribution in [0.3, 0.4) is 0 Å². The number of carbonyl (C=O) groups is 1. The molecule has 1 amide bonds. The molecule has 0 radical (unpaired) electrons. The Morgan fingerprint density at radius 2 is 1.65 bits per heavy atom. The van der Waals surface area contributed by atoms with Gasteiger partial charge < -0.3 is 10.2 Å². The molecule has 1 saturated heterocycles. The lowest BCUT2D eigenvalue weighted by Crippen LogP contribution is -2.33. The van der Waals surface area contributed by atoms with E-state index in [1.54, 1.807) is 0 Å². The zero-order valence-electron chi connectivity index (χ0n) is 11.3. The molecule has 1 fully saturated rings. The van der Waals surface area contributed by atoms with Crippen molar-refractivity contribution in [3.05, 3.63) is 66.2 Å². The number of rotatable bonds is 4. The van der Waals surface area contributed by atoms with E-state index in [0.29, 0.717) is 6.54 Å². The second kappa shape index (κ2) is 5.78. The maximum Gasteiger partial charge on any atom is 0.245 e. The van der Waals surface area contributed by atoms with E-state index in [-0.39, 0.29) is 11.9 Å². The summed E-state index contributed by atoms with van der Waals surface area (Å²) in [6, 6.07) is 20.0. The molecule has 0 spiro atoms. The zero-order valence-corrected chi connectivity index (χ0v) is 11.3.